The maximum absolute atomic E-state index is 6.42. The van der Waals surface area contributed by atoms with Gasteiger partial charge in [-0.1, -0.05) is 522 Å². The molecular weight excluding hydrogens is 1560 g/mol. The summed E-state index contributed by atoms with van der Waals surface area (Å²) in [6, 6.07) is 45.8. The van der Waals surface area contributed by atoms with Gasteiger partial charge in [0.2, 0.25) is 0 Å². The molecule has 4 N–H and O–H groups in total. The van der Waals surface area contributed by atoms with Crippen LogP contribution >= 0.6 is 0 Å². The summed E-state index contributed by atoms with van der Waals surface area (Å²) in [5.74, 6) is 0. The molecule has 2 unspecified atom stereocenters. The molecule has 0 saturated heterocycles. The number of allylic oxidation sites excluding steroid dienone is 2. The van der Waals surface area contributed by atoms with Crippen molar-refractivity contribution in [1.29, 1.82) is 0 Å². The van der Waals surface area contributed by atoms with E-state index in [0.717, 1.165) is 108 Å². The molecule has 6 aromatic rings. The monoisotopic (exact) mass is 1750 g/mol. The van der Waals surface area contributed by atoms with Gasteiger partial charge < -0.3 is 39.5 Å². The smallest absolute Gasteiger partial charge is 0.0728 e. The Morgan fingerprint density at radius 1 is 0.203 bits per heavy atom. The van der Waals surface area contributed by atoms with Crippen molar-refractivity contribution < 1.29 is 18.9 Å². The Morgan fingerprint density at radius 3 is 0.609 bits per heavy atom. The molecule has 2 aromatic heterocycles. The van der Waals surface area contributed by atoms with Crippen LogP contribution in [-0.4, -0.2) is 48.5 Å². The maximum Gasteiger partial charge on any atom is 0.0728 e. The fourth-order valence-corrected chi connectivity index (χ4v) is 19.7. The molecule has 710 valence electrons. The van der Waals surface area contributed by atoms with Crippen LogP contribution in [0.1, 0.15) is 495 Å². The predicted octanol–water partition coefficient (Wildman–Crippen LogP) is 34.1. The number of aromatic nitrogens is 2. The highest BCUT2D eigenvalue weighted by Gasteiger charge is 2.28. The highest BCUT2D eigenvalue weighted by Crippen LogP contribution is 2.37. The first-order chi connectivity index (χ1) is 63.5. The van der Waals surface area contributed by atoms with Gasteiger partial charge in [-0.2, -0.15) is 0 Å². The number of nitrogens with one attached hydrogen (secondary N) is 4. The second-order valence-electron chi connectivity index (χ2n) is 39.1. The molecule has 0 aliphatic carbocycles. The van der Waals surface area contributed by atoms with Gasteiger partial charge in [-0.3, -0.25) is 0 Å². The van der Waals surface area contributed by atoms with Crippen molar-refractivity contribution >= 4 is 22.3 Å². The summed E-state index contributed by atoms with van der Waals surface area (Å²) in [5, 5.41) is 10.5. The molecule has 128 heavy (non-hydrogen) atoms. The van der Waals surface area contributed by atoms with Crippen LogP contribution in [-0.2, 0) is 45.4 Å². The molecule has 0 saturated carbocycles. The van der Waals surface area contributed by atoms with Crippen molar-refractivity contribution in [1.82, 2.24) is 20.6 Å². The van der Waals surface area contributed by atoms with Crippen LogP contribution in [0.4, 0.5) is 0 Å². The summed E-state index contributed by atoms with van der Waals surface area (Å²) in [7, 11) is 0. The number of hydrogen-bond donors (Lipinski definition) is 4. The molecule has 4 aromatic carbocycles. The first-order valence-corrected chi connectivity index (χ1v) is 54.7. The van der Waals surface area contributed by atoms with Gasteiger partial charge in [-0.05, 0) is 107 Å². The Kier molecular flexibility index (Phi) is 57.1. The Balaban J connectivity index is 0.890. The van der Waals surface area contributed by atoms with E-state index in [0.29, 0.717) is 26.4 Å². The van der Waals surface area contributed by atoms with Gasteiger partial charge in [0, 0.05) is 82.2 Å². The first kappa shape index (κ1) is 105. The zero-order chi connectivity index (χ0) is 89.1. The van der Waals surface area contributed by atoms with Gasteiger partial charge >= 0.3 is 0 Å². The third-order valence-corrected chi connectivity index (χ3v) is 27.8. The van der Waals surface area contributed by atoms with E-state index in [4.69, 9.17) is 18.9 Å². The van der Waals surface area contributed by atoms with Gasteiger partial charge in [0.15, 0.2) is 0 Å². The second kappa shape index (κ2) is 69.4. The minimum Gasteiger partial charge on any atom is -0.377 e. The topological polar surface area (TPSA) is 92.6 Å². The molecule has 2 atom stereocenters. The number of aromatic amines is 2. The second-order valence-corrected chi connectivity index (χ2v) is 39.1. The van der Waals surface area contributed by atoms with Gasteiger partial charge in [0.25, 0.3) is 0 Å². The van der Waals surface area contributed by atoms with Gasteiger partial charge in [0.05, 0.1) is 38.5 Å². The lowest BCUT2D eigenvalue weighted by Crippen LogP contribution is -2.31. The van der Waals surface area contributed by atoms with E-state index in [1.807, 2.05) is 0 Å². The third-order valence-electron chi connectivity index (χ3n) is 27.8. The number of H-pyrrole nitrogens is 2. The van der Waals surface area contributed by atoms with Crippen molar-refractivity contribution in [3.8, 4) is 0 Å². The number of ether oxygens (including phenoxy) is 4. The van der Waals surface area contributed by atoms with Crippen LogP contribution in [0, 0.1) is 0 Å². The number of fused-ring (bicyclic) bond motifs is 8. The van der Waals surface area contributed by atoms with Crippen LogP contribution in [0.3, 0.4) is 0 Å². The molecular formula is C120H186N4O4. The Bertz CT molecular complexity index is 3750. The number of hydrogen-bond acceptors (Lipinski definition) is 6. The zero-order valence-corrected chi connectivity index (χ0v) is 82.6. The summed E-state index contributed by atoms with van der Waals surface area (Å²) in [4.78, 5) is 8.24. The standard InChI is InChI=1S/C120H186N4O4/c1-5-9-13-17-21-25-29-33-37-41-45-49-53-57-61-65-93-125-97-101-69-77-105(78-70-101)117-109-85-87-111(121-109)118(106-79-71-102(72-80-106)98-126-94-66-62-58-54-50-46-42-38-34-30-26-22-18-14-10-6-2)113-89-91-115(123-113)120(108-83-75-104(76-84-108)100-128-96-68-64-60-56-52-48-44-40-36-32-28-24-20-16-12-8-4)116-92-90-114(124-116)119(112-88-86-110(117)122-112)107-81-73-103(74-82-107)99-127-95-67-63-59-55-51-47-43-39-35-31-27-23-19-15-11-7-3/h69-92,109,114,121-124H,5-68,93-100H2,1-4H3/b117-110-,118-111-,119-112-,120-116-. The molecule has 3 aliphatic heterocycles. The highest BCUT2D eigenvalue weighted by molar-refractivity contribution is 5.88. The van der Waals surface area contributed by atoms with E-state index in [1.54, 1.807) is 0 Å². The number of unbranched alkanes of at least 4 members (excludes halogenated alkanes) is 60. The van der Waals surface area contributed by atoms with Crippen molar-refractivity contribution in [2.75, 3.05) is 26.4 Å². The zero-order valence-electron chi connectivity index (χ0n) is 82.6. The summed E-state index contributed by atoms with van der Waals surface area (Å²) in [6.07, 6.45) is 97.2. The van der Waals surface area contributed by atoms with E-state index in [9.17, 15) is 0 Å². The Morgan fingerprint density at radius 2 is 0.398 bits per heavy atom. The average molecular weight is 1750 g/mol. The summed E-state index contributed by atoms with van der Waals surface area (Å²) >= 11 is 0. The average Bonchev–Trinajstić information content (AvgIpc) is 1.61. The van der Waals surface area contributed by atoms with E-state index >= 15 is 0 Å². The van der Waals surface area contributed by atoms with Crippen LogP contribution in [0.15, 0.2) is 157 Å². The minimum absolute atomic E-state index is 0.145. The highest BCUT2D eigenvalue weighted by atomic mass is 16.5. The summed E-state index contributed by atoms with van der Waals surface area (Å²) in [6.45, 7) is 14.9. The fraction of sp³-hybridized carbons (Fsp3) is 0.650. The normalized spacial score (nSPS) is 16.4. The summed E-state index contributed by atoms with van der Waals surface area (Å²) in [5.41, 5.74) is 18.3. The molecule has 5 heterocycles. The fourth-order valence-electron chi connectivity index (χ4n) is 19.7. The molecule has 0 fully saturated rings. The molecule has 8 nitrogen and oxygen atoms in total. The molecule has 8 heteroatoms. The van der Waals surface area contributed by atoms with Crippen molar-refractivity contribution in [3.05, 3.63) is 224 Å². The number of benzene rings is 4. The molecule has 0 spiro atoms. The molecule has 9 rings (SSSR count). The van der Waals surface area contributed by atoms with Crippen LogP contribution < -0.4 is 21.3 Å². The Labute approximate surface area is 784 Å². The van der Waals surface area contributed by atoms with Gasteiger partial charge in [0.1, 0.15) is 0 Å². The van der Waals surface area contributed by atoms with E-state index < -0.39 is 0 Å². The van der Waals surface area contributed by atoms with Gasteiger partial charge in [-0.25, -0.2) is 0 Å². The lowest BCUT2D eigenvalue weighted by atomic mass is 9.97. The Hall–Kier alpha value is -6.42. The number of rotatable bonds is 80. The lowest BCUT2D eigenvalue weighted by Gasteiger charge is -2.20. The van der Waals surface area contributed by atoms with Crippen LogP contribution in [0.2, 0.25) is 0 Å². The summed E-state index contributed by atoms with van der Waals surface area (Å²) < 4.78 is 25.7. The van der Waals surface area contributed by atoms with Gasteiger partial charge in [-0.15, -0.1) is 0 Å². The first-order valence-electron chi connectivity index (χ1n) is 54.7. The lowest BCUT2D eigenvalue weighted by molar-refractivity contribution is 0.116. The molecule has 8 bridgehead atoms. The van der Waals surface area contributed by atoms with Crippen molar-refractivity contribution in [2.45, 2.75) is 477 Å². The van der Waals surface area contributed by atoms with Crippen LogP contribution in [0.5, 0.6) is 0 Å². The predicted molar refractivity (Wildman–Crippen MR) is 553 cm³/mol. The van der Waals surface area contributed by atoms with E-state index in [-0.39, 0.29) is 12.1 Å². The third kappa shape index (κ3) is 43.1. The van der Waals surface area contributed by atoms with Crippen LogP contribution in [0.25, 0.3) is 22.3 Å². The SMILES string of the molecule is CCCCCCCCCCCCCCCCCCOCc1ccc(/C2=C3\C=CC(N3)/C(c3ccc(COCCCCCCCCCCCCCCCCCC)cc3)=c3/cc/c([nH]3)=C(\c3ccc(COCCCCCCCCCCCCCCCCCC)cc3)C3C=C/C(=C(\c4ccc(COCCCCCCCCCCCCCCCCCC)cc4)c4ccc2[nH]4)N3)cc1. The van der Waals surface area contributed by atoms with E-state index in [2.05, 4.69) is 194 Å². The quantitative estimate of drug-likeness (QED) is 0.0284. The maximum atomic E-state index is 6.42. The van der Waals surface area contributed by atoms with Crippen molar-refractivity contribution in [3.63, 3.8) is 0 Å². The largest absolute Gasteiger partial charge is 0.377 e. The molecule has 0 radical (unpaired) electrons. The molecule has 3 aliphatic rings. The van der Waals surface area contributed by atoms with E-state index in [1.165, 1.54) is 430 Å². The van der Waals surface area contributed by atoms with Crippen molar-refractivity contribution in [2.24, 2.45) is 0 Å². The minimum atomic E-state index is -0.145. The molecule has 0 amide bonds.